The summed E-state index contributed by atoms with van der Waals surface area (Å²) in [7, 11) is 0. The van der Waals surface area contributed by atoms with E-state index in [1.807, 2.05) is 11.6 Å². The van der Waals surface area contributed by atoms with E-state index >= 15 is 0 Å². The third-order valence-corrected chi connectivity index (χ3v) is 3.74. The standard InChI is InChI=1S/C15H20N2S/c1-12(2)8-9-16-14(15-17-10-11-18-15)13-6-4-3-5-7-13/h3-7,10-12,14,16H,8-9H2,1-2H3. The number of nitrogens with zero attached hydrogens (tertiary/aromatic N) is 1. The van der Waals surface area contributed by atoms with Gasteiger partial charge in [0.15, 0.2) is 0 Å². The van der Waals surface area contributed by atoms with Gasteiger partial charge in [-0.15, -0.1) is 11.3 Å². The smallest absolute Gasteiger partial charge is 0.114 e. The topological polar surface area (TPSA) is 24.9 Å². The zero-order valence-electron chi connectivity index (χ0n) is 11.0. The Morgan fingerprint density at radius 1 is 1.22 bits per heavy atom. The SMILES string of the molecule is CC(C)CCNC(c1ccccc1)c1nccs1. The summed E-state index contributed by atoms with van der Waals surface area (Å²) in [6, 6.07) is 10.8. The number of nitrogens with one attached hydrogen (secondary N) is 1. The largest absolute Gasteiger partial charge is 0.304 e. The second-order valence-electron chi connectivity index (χ2n) is 4.85. The Labute approximate surface area is 113 Å². The Morgan fingerprint density at radius 3 is 2.61 bits per heavy atom. The fourth-order valence-corrected chi connectivity index (χ4v) is 2.62. The van der Waals surface area contributed by atoms with E-state index < -0.39 is 0 Å². The van der Waals surface area contributed by atoms with Crippen LogP contribution in [0.4, 0.5) is 0 Å². The Bertz CT molecular complexity index is 437. The summed E-state index contributed by atoms with van der Waals surface area (Å²) in [4.78, 5) is 4.45. The molecule has 0 fully saturated rings. The lowest BCUT2D eigenvalue weighted by molar-refractivity contribution is 0.509. The van der Waals surface area contributed by atoms with Gasteiger partial charge in [0.2, 0.25) is 0 Å². The van der Waals surface area contributed by atoms with Crippen LogP contribution >= 0.6 is 11.3 Å². The third kappa shape index (κ3) is 3.65. The van der Waals surface area contributed by atoms with Crippen molar-refractivity contribution in [2.75, 3.05) is 6.54 Å². The number of hydrogen-bond donors (Lipinski definition) is 1. The molecule has 96 valence electrons. The molecule has 0 aliphatic carbocycles. The highest BCUT2D eigenvalue weighted by Crippen LogP contribution is 2.23. The molecule has 1 unspecified atom stereocenters. The van der Waals surface area contributed by atoms with E-state index in [-0.39, 0.29) is 6.04 Å². The normalized spacial score (nSPS) is 12.8. The highest BCUT2D eigenvalue weighted by molar-refractivity contribution is 7.09. The summed E-state index contributed by atoms with van der Waals surface area (Å²) >= 11 is 1.71. The zero-order chi connectivity index (χ0) is 12.8. The van der Waals surface area contributed by atoms with Crippen molar-refractivity contribution >= 4 is 11.3 Å². The van der Waals surface area contributed by atoms with E-state index in [1.54, 1.807) is 11.3 Å². The van der Waals surface area contributed by atoms with Crippen LogP contribution in [0.15, 0.2) is 41.9 Å². The molecule has 1 N–H and O–H groups in total. The van der Waals surface area contributed by atoms with E-state index in [4.69, 9.17) is 0 Å². The monoisotopic (exact) mass is 260 g/mol. The van der Waals surface area contributed by atoms with Crippen LogP contribution in [0, 0.1) is 5.92 Å². The van der Waals surface area contributed by atoms with Crippen LogP contribution in [0.5, 0.6) is 0 Å². The molecule has 0 amide bonds. The van der Waals surface area contributed by atoms with Crippen LogP contribution in [-0.2, 0) is 0 Å². The maximum atomic E-state index is 4.45. The Kier molecular flexibility index (Phi) is 4.90. The molecule has 1 aromatic carbocycles. The molecule has 0 aliphatic rings. The Hall–Kier alpha value is -1.19. The second kappa shape index (κ2) is 6.66. The Morgan fingerprint density at radius 2 is 2.00 bits per heavy atom. The van der Waals surface area contributed by atoms with Gasteiger partial charge in [-0.2, -0.15) is 0 Å². The maximum absolute atomic E-state index is 4.45. The summed E-state index contributed by atoms with van der Waals surface area (Å²) < 4.78 is 0. The van der Waals surface area contributed by atoms with Crippen LogP contribution in [-0.4, -0.2) is 11.5 Å². The van der Waals surface area contributed by atoms with Gasteiger partial charge in [-0.3, -0.25) is 0 Å². The summed E-state index contributed by atoms with van der Waals surface area (Å²) in [5.74, 6) is 0.727. The molecule has 0 bridgehead atoms. The summed E-state index contributed by atoms with van der Waals surface area (Å²) in [6.07, 6.45) is 3.06. The lowest BCUT2D eigenvalue weighted by Crippen LogP contribution is -2.24. The zero-order valence-corrected chi connectivity index (χ0v) is 11.8. The molecule has 1 heterocycles. The highest BCUT2D eigenvalue weighted by Gasteiger charge is 2.15. The highest BCUT2D eigenvalue weighted by atomic mass is 32.1. The van der Waals surface area contributed by atoms with Crippen molar-refractivity contribution < 1.29 is 0 Å². The van der Waals surface area contributed by atoms with E-state index in [0.717, 1.165) is 17.5 Å². The number of thiazole rings is 1. The van der Waals surface area contributed by atoms with Crippen LogP contribution < -0.4 is 5.32 Å². The Balaban J connectivity index is 2.09. The quantitative estimate of drug-likeness (QED) is 0.853. The fourth-order valence-electron chi connectivity index (χ4n) is 1.89. The van der Waals surface area contributed by atoms with Crippen molar-refractivity contribution in [1.82, 2.24) is 10.3 Å². The minimum absolute atomic E-state index is 0.227. The molecule has 0 aliphatic heterocycles. The van der Waals surface area contributed by atoms with Crippen molar-refractivity contribution in [2.24, 2.45) is 5.92 Å². The first-order valence-electron chi connectivity index (χ1n) is 6.45. The molecule has 0 saturated heterocycles. The lowest BCUT2D eigenvalue weighted by Gasteiger charge is -2.17. The minimum atomic E-state index is 0.227. The maximum Gasteiger partial charge on any atom is 0.114 e. The summed E-state index contributed by atoms with van der Waals surface area (Å²) in [5, 5.41) is 6.80. The molecule has 2 nitrogen and oxygen atoms in total. The average Bonchev–Trinajstić information content (AvgIpc) is 2.89. The molecule has 2 aromatic rings. The van der Waals surface area contributed by atoms with Gasteiger partial charge in [-0.05, 0) is 24.4 Å². The number of rotatable bonds is 6. The molecular weight excluding hydrogens is 240 g/mol. The molecule has 18 heavy (non-hydrogen) atoms. The van der Waals surface area contributed by atoms with Crippen molar-refractivity contribution in [2.45, 2.75) is 26.3 Å². The minimum Gasteiger partial charge on any atom is -0.304 e. The number of hydrogen-bond acceptors (Lipinski definition) is 3. The first-order valence-corrected chi connectivity index (χ1v) is 7.33. The molecule has 2 rings (SSSR count). The van der Waals surface area contributed by atoms with E-state index in [1.165, 1.54) is 12.0 Å². The van der Waals surface area contributed by atoms with Crippen molar-refractivity contribution in [3.63, 3.8) is 0 Å². The summed E-state index contributed by atoms with van der Waals surface area (Å²) in [5.41, 5.74) is 1.29. The van der Waals surface area contributed by atoms with E-state index in [2.05, 4.69) is 54.5 Å². The van der Waals surface area contributed by atoms with Crippen molar-refractivity contribution in [3.8, 4) is 0 Å². The molecule has 1 aromatic heterocycles. The summed E-state index contributed by atoms with van der Waals surface area (Å²) in [6.45, 7) is 5.53. The molecule has 0 radical (unpaired) electrons. The van der Waals surface area contributed by atoms with Crippen molar-refractivity contribution in [1.29, 1.82) is 0 Å². The van der Waals surface area contributed by atoms with Gasteiger partial charge in [0.25, 0.3) is 0 Å². The second-order valence-corrected chi connectivity index (χ2v) is 5.78. The molecule has 0 spiro atoms. The van der Waals surface area contributed by atoms with Crippen LogP contribution in [0.25, 0.3) is 0 Å². The molecular formula is C15H20N2S. The van der Waals surface area contributed by atoms with Gasteiger partial charge in [-0.1, -0.05) is 44.2 Å². The average molecular weight is 260 g/mol. The fraction of sp³-hybridized carbons (Fsp3) is 0.400. The molecule has 1 atom stereocenters. The predicted molar refractivity (Wildman–Crippen MR) is 77.9 cm³/mol. The van der Waals surface area contributed by atoms with Gasteiger partial charge in [0, 0.05) is 11.6 Å². The van der Waals surface area contributed by atoms with Gasteiger partial charge in [0.05, 0.1) is 6.04 Å². The lowest BCUT2D eigenvalue weighted by atomic mass is 10.1. The van der Waals surface area contributed by atoms with Crippen LogP contribution in [0.2, 0.25) is 0 Å². The van der Waals surface area contributed by atoms with E-state index in [9.17, 15) is 0 Å². The van der Waals surface area contributed by atoms with Crippen molar-refractivity contribution in [3.05, 3.63) is 52.5 Å². The van der Waals surface area contributed by atoms with Crippen LogP contribution in [0.3, 0.4) is 0 Å². The number of benzene rings is 1. The van der Waals surface area contributed by atoms with E-state index in [0.29, 0.717) is 0 Å². The predicted octanol–water partition coefficient (Wildman–Crippen LogP) is 3.87. The van der Waals surface area contributed by atoms with Gasteiger partial charge >= 0.3 is 0 Å². The molecule has 0 saturated carbocycles. The number of aromatic nitrogens is 1. The van der Waals surface area contributed by atoms with Gasteiger partial charge in [-0.25, -0.2) is 4.98 Å². The van der Waals surface area contributed by atoms with Crippen LogP contribution in [0.1, 0.15) is 36.9 Å². The first-order chi connectivity index (χ1) is 8.77. The third-order valence-electron chi connectivity index (χ3n) is 2.90. The van der Waals surface area contributed by atoms with Gasteiger partial charge < -0.3 is 5.32 Å². The molecule has 3 heteroatoms. The van der Waals surface area contributed by atoms with Gasteiger partial charge in [0.1, 0.15) is 5.01 Å². The first kappa shape index (κ1) is 13.2.